The van der Waals surface area contributed by atoms with Crippen LogP contribution in [0.1, 0.15) is 34.1 Å². The molecule has 0 amide bonds. The molecule has 0 aromatic heterocycles. The second-order valence-corrected chi connectivity index (χ2v) is 6.32. The number of rotatable bonds is 9. The molecule has 0 unspecified atom stereocenters. The van der Waals surface area contributed by atoms with E-state index in [0.29, 0.717) is 11.8 Å². The highest BCUT2D eigenvalue weighted by Gasteiger charge is 2.09. The SMILES string of the molecule is CC(C)CN(CCCOc1cccc(N)c1)CC(C)C. The van der Waals surface area contributed by atoms with Gasteiger partial charge < -0.3 is 15.4 Å². The predicted molar refractivity (Wildman–Crippen MR) is 87.1 cm³/mol. The highest BCUT2D eigenvalue weighted by molar-refractivity contribution is 5.43. The van der Waals surface area contributed by atoms with Gasteiger partial charge in [0.2, 0.25) is 0 Å². The fraction of sp³-hybridized carbons (Fsp3) is 0.647. The van der Waals surface area contributed by atoms with Crippen LogP contribution in [0.15, 0.2) is 24.3 Å². The molecule has 0 saturated heterocycles. The molecule has 0 spiro atoms. The number of nitrogens with two attached hydrogens (primary N) is 1. The van der Waals surface area contributed by atoms with Gasteiger partial charge in [0, 0.05) is 31.4 Å². The van der Waals surface area contributed by atoms with E-state index in [2.05, 4.69) is 32.6 Å². The molecule has 1 aromatic rings. The molecule has 1 rings (SSSR count). The van der Waals surface area contributed by atoms with Gasteiger partial charge in [0.1, 0.15) is 5.75 Å². The summed E-state index contributed by atoms with van der Waals surface area (Å²) in [6.07, 6.45) is 1.05. The molecule has 0 atom stereocenters. The van der Waals surface area contributed by atoms with Crippen LogP contribution in [0.25, 0.3) is 0 Å². The van der Waals surface area contributed by atoms with Crippen molar-refractivity contribution < 1.29 is 4.74 Å². The fourth-order valence-electron chi connectivity index (χ4n) is 2.37. The lowest BCUT2D eigenvalue weighted by Crippen LogP contribution is -2.33. The first kappa shape index (κ1) is 16.8. The molecule has 0 aliphatic carbocycles. The van der Waals surface area contributed by atoms with Gasteiger partial charge >= 0.3 is 0 Å². The molecular weight excluding hydrogens is 248 g/mol. The fourth-order valence-corrected chi connectivity index (χ4v) is 2.37. The number of ether oxygens (including phenoxy) is 1. The normalized spacial score (nSPS) is 11.6. The molecule has 0 aliphatic rings. The third-order valence-corrected chi connectivity index (χ3v) is 2.99. The Morgan fingerprint density at radius 3 is 2.30 bits per heavy atom. The van der Waals surface area contributed by atoms with Gasteiger partial charge in [-0.25, -0.2) is 0 Å². The summed E-state index contributed by atoms with van der Waals surface area (Å²) in [5.41, 5.74) is 6.49. The van der Waals surface area contributed by atoms with E-state index < -0.39 is 0 Å². The van der Waals surface area contributed by atoms with E-state index in [-0.39, 0.29) is 0 Å². The molecule has 114 valence electrons. The minimum atomic E-state index is 0.712. The zero-order valence-electron chi connectivity index (χ0n) is 13.4. The zero-order chi connectivity index (χ0) is 15.0. The van der Waals surface area contributed by atoms with E-state index in [0.717, 1.165) is 44.1 Å². The maximum atomic E-state index is 5.74. The standard InChI is InChI=1S/C17H30N2O/c1-14(2)12-19(13-15(3)4)9-6-10-20-17-8-5-7-16(18)11-17/h5,7-8,11,14-15H,6,9-10,12-13,18H2,1-4H3. The third kappa shape index (κ3) is 7.39. The summed E-state index contributed by atoms with van der Waals surface area (Å²) in [5, 5.41) is 0. The van der Waals surface area contributed by atoms with Crippen molar-refractivity contribution in [2.45, 2.75) is 34.1 Å². The van der Waals surface area contributed by atoms with Crippen molar-refractivity contribution in [2.24, 2.45) is 11.8 Å². The first-order valence-corrected chi connectivity index (χ1v) is 7.68. The lowest BCUT2D eigenvalue weighted by atomic mass is 10.1. The molecule has 1 aromatic carbocycles. The van der Waals surface area contributed by atoms with Crippen LogP contribution in [-0.4, -0.2) is 31.1 Å². The van der Waals surface area contributed by atoms with Gasteiger partial charge in [-0.05, 0) is 30.4 Å². The van der Waals surface area contributed by atoms with Crippen LogP contribution < -0.4 is 10.5 Å². The van der Waals surface area contributed by atoms with Gasteiger partial charge in [0.15, 0.2) is 0 Å². The van der Waals surface area contributed by atoms with Crippen LogP contribution in [0.3, 0.4) is 0 Å². The van der Waals surface area contributed by atoms with E-state index in [1.807, 2.05) is 24.3 Å². The van der Waals surface area contributed by atoms with Crippen molar-refractivity contribution in [3.63, 3.8) is 0 Å². The smallest absolute Gasteiger partial charge is 0.121 e. The quantitative estimate of drug-likeness (QED) is 0.553. The summed E-state index contributed by atoms with van der Waals surface area (Å²) >= 11 is 0. The van der Waals surface area contributed by atoms with E-state index in [9.17, 15) is 0 Å². The van der Waals surface area contributed by atoms with Crippen LogP contribution in [-0.2, 0) is 0 Å². The molecule has 0 saturated carbocycles. The maximum Gasteiger partial charge on any atom is 0.121 e. The summed E-state index contributed by atoms with van der Waals surface area (Å²) in [5.74, 6) is 2.29. The molecule has 3 nitrogen and oxygen atoms in total. The Hall–Kier alpha value is -1.22. The molecule has 3 heteroatoms. The second-order valence-electron chi connectivity index (χ2n) is 6.32. The molecule has 0 fully saturated rings. The topological polar surface area (TPSA) is 38.5 Å². The van der Waals surface area contributed by atoms with Crippen molar-refractivity contribution in [1.82, 2.24) is 4.90 Å². The molecule has 0 radical (unpaired) electrons. The summed E-state index contributed by atoms with van der Waals surface area (Å²) in [4.78, 5) is 2.54. The lowest BCUT2D eigenvalue weighted by Gasteiger charge is -2.26. The summed E-state index contributed by atoms with van der Waals surface area (Å²) in [6, 6.07) is 7.63. The Balaban J connectivity index is 2.29. The molecular formula is C17H30N2O. The minimum absolute atomic E-state index is 0.712. The van der Waals surface area contributed by atoms with E-state index in [1.165, 1.54) is 0 Å². The molecule has 20 heavy (non-hydrogen) atoms. The van der Waals surface area contributed by atoms with Crippen LogP contribution >= 0.6 is 0 Å². The largest absolute Gasteiger partial charge is 0.493 e. The predicted octanol–water partition coefficient (Wildman–Crippen LogP) is 3.65. The second kappa shape index (κ2) is 8.85. The number of nitrogen functional groups attached to an aromatic ring is 1. The monoisotopic (exact) mass is 278 g/mol. The number of hydrogen-bond donors (Lipinski definition) is 1. The average Bonchev–Trinajstić information content (AvgIpc) is 2.33. The van der Waals surface area contributed by atoms with Crippen molar-refractivity contribution >= 4 is 5.69 Å². The molecule has 0 aliphatic heterocycles. The Labute approximate surface area is 124 Å². The van der Waals surface area contributed by atoms with E-state index in [1.54, 1.807) is 0 Å². The van der Waals surface area contributed by atoms with Crippen LogP contribution in [0, 0.1) is 11.8 Å². The van der Waals surface area contributed by atoms with Crippen LogP contribution in [0.5, 0.6) is 5.75 Å². The number of hydrogen-bond acceptors (Lipinski definition) is 3. The van der Waals surface area contributed by atoms with Gasteiger partial charge in [0.05, 0.1) is 6.61 Å². The zero-order valence-corrected chi connectivity index (χ0v) is 13.4. The van der Waals surface area contributed by atoms with Crippen molar-refractivity contribution in [3.8, 4) is 5.75 Å². The number of benzene rings is 1. The third-order valence-electron chi connectivity index (χ3n) is 2.99. The van der Waals surface area contributed by atoms with Crippen molar-refractivity contribution in [1.29, 1.82) is 0 Å². The van der Waals surface area contributed by atoms with Gasteiger partial charge in [-0.15, -0.1) is 0 Å². The Bertz CT molecular complexity index is 367. The van der Waals surface area contributed by atoms with E-state index >= 15 is 0 Å². The average molecular weight is 278 g/mol. The first-order valence-electron chi connectivity index (χ1n) is 7.68. The van der Waals surface area contributed by atoms with Gasteiger partial charge in [-0.1, -0.05) is 33.8 Å². The van der Waals surface area contributed by atoms with Crippen LogP contribution in [0.2, 0.25) is 0 Å². The lowest BCUT2D eigenvalue weighted by molar-refractivity contribution is 0.198. The van der Waals surface area contributed by atoms with Gasteiger partial charge in [0.25, 0.3) is 0 Å². The summed E-state index contributed by atoms with van der Waals surface area (Å²) in [6.45, 7) is 13.3. The summed E-state index contributed by atoms with van der Waals surface area (Å²) < 4.78 is 5.74. The number of nitrogens with zero attached hydrogens (tertiary/aromatic N) is 1. The molecule has 0 heterocycles. The summed E-state index contributed by atoms with van der Waals surface area (Å²) in [7, 11) is 0. The maximum absolute atomic E-state index is 5.74. The Kier molecular flexibility index (Phi) is 7.45. The van der Waals surface area contributed by atoms with Crippen molar-refractivity contribution in [2.75, 3.05) is 32.0 Å². The van der Waals surface area contributed by atoms with Crippen LogP contribution in [0.4, 0.5) is 5.69 Å². The van der Waals surface area contributed by atoms with Crippen molar-refractivity contribution in [3.05, 3.63) is 24.3 Å². The first-order chi connectivity index (χ1) is 9.47. The van der Waals surface area contributed by atoms with Gasteiger partial charge in [-0.3, -0.25) is 0 Å². The Morgan fingerprint density at radius 2 is 1.75 bits per heavy atom. The highest BCUT2D eigenvalue weighted by atomic mass is 16.5. The highest BCUT2D eigenvalue weighted by Crippen LogP contribution is 2.14. The van der Waals surface area contributed by atoms with Gasteiger partial charge in [-0.2, -0.15) is 0 Å². The Morgan fingerprint density at radius 1 is 1.10 bits per heavy atom. The number of anilines is 1. The van der Waals surface area contributed by atoms with E-state index in [4.69, 9.17) is 10.5 Å². The molecule has 2 N–H and O–H groups in total. The molecule has 0 bridgehead atoms. The minimum Gasteiger partial charge on any atom is -0.493 e.